The molecule has 3 N–H and O–H groups in total. The van der Waals surface area contributed by atoms with Crippen molar-refractivity contribution in [2.45, 2.75) is 69.4 Å². The number of benzene rings is 1. The van der Waals surface area contributed by atoms with Crippen LogP contribution in [0.4, 0.5) is 19.0 Å². The number of nitrogen functional groups attached to an aromatic ring is 1. The van der Waals surface area contributed by atoms with Crippen molar-refractivity contribution in [2.24, 2.45) is 11.8 Å². The zero-order chi connectivity index (χ0) is 32.2. The predicted octanol–water partition coefficient (Wildman–Crippen LogP) is 5.52. The first-order chi connectivity index (χ1) is 21.4. The lowest BCUT2D eigenvalue weighted by Gasteiger charge is -2.30. The molecule has 16 heteroatoms. The second-order valence-corrected chi connectivity index (χ2v) is 13.1. The maximum absolute atomic E-state index is 14.0. The number of ether oxygens (including phenoxy) is 2. The first-order valence-corrected chi connectivity index (χ1v) is 16.1. The summed E-state index contributed by atoms with van der Waals surface area (Å²) in [5.41, 5.74) is 5.68. The van der Waals surface area contributed by atoms with Gasteiger partial charge in [0.1, 0.15) is 42.4 Å². The van der Waals surface area contributed by atoms with Crippen LogP contribution in [-0.2, 0) is 23.4 Å². The van der Waals surface area contributed by atoms with Gasteiger partial charge in [-0.05, 0) is 75.6 Å². The monoisotopic (exact) mass is 650 g/mol. The van der Waals surface area contributed by atoms with E-state index in [9.17, 15) is 27.8 Å². The molecule has 0 amide bonds. The summed E-state index contributed by atoms with van der Waals surface area (Å²) < 4.78 is 77.5. The standard InChI is InChI=1S/C29H34F3N6O6P/c1-19(27(39)41-15-20-7-9-21(10-8-20)29(30,31)32)37-45(40,44-22-5-3-2-4-6-22)42-17-28(16-33)14-13-25(43-28)23-11-12-24-26(34)35-18-36-38(23)24/h2-6,11-12,18-21,25H,7-10,13-15,17H2,1H3,(H,37,40)(H2,34,35,36)/t19-,20-,21-,25+,28+,45?/m0/s1. The molecule has 3 heterocycles. The normalized spacial score (nSPS) is 25.7. The Morgan fingerprint density at radius 3 is 2.64 bits per heavy atom. The van der Waals surface area contributed by atoms with E-state index in [0.29, 0.717) is 17.6 Å². The van der Waals surface area contributed by atoms with Gasteiger partial charge in [-0.3, -0.25) is 9.32 Å². The average molecular weight is 651 g/mol. The van der Waals surface area contributed by atoms with E-state index in [1.807, 2.05) is 0 Å². The minimum Gasteiger partial charge on any atom is -0.464 e. The number of rotatable bonds is 11. The van der Waals surface area contributed by atoms with Gasteiger partial charge >= 0.3 is 19.9 Å². The van der Waals surface area contributed by atoms with Crippen LogP contribution in [0, 0.1) is 23.2 Å². The number of nitrogens with one attached hydrogen (secondary N) is 1. The number of carbonyl (C=O) groups excluding carboxylic acids is 1. The number of fused-ring (bicyclic) bond motifs is 1. The maximum Gasteiger partial charge on any atom is 0.459 e. The first-order valence-electron chi connectivity index (χ1n) is 14.6. The lowest BCUT2D eigenvalue weighted by molar-refractivity contribution is -0.185. The van der Waals surface area contributed by atoms with Crippen LogP contribution in [0.5, 0.6) is 5.75 Å². The molecule has 2 fully saturated rings. The number of nitrogens with zero attached hydrogens (tertiary/aromatic N) is 4. The molecule has 12 nitrogen and oxygen atoms in total. The average Bonchev–Trinajstić information content (AvgIpc) is 3.65. The van der Waals surface area contributed by atoms with Gasteiger partial charge in [0.25, 0.3) is 0 Å². The molecule has 4 atom stereocenters. The van der Waals surface area contributed by atoms with Crippen molar-refractivity contribution in [3.8, 4) is 11.8 Å². The number of nitriles is 1. The van der Waals surface area contributed by atoms with Gasteiger partial charge in [-0.2, -0.15) is 28.6 Å². The molecule has 1 aliphatic heterocycles. The number of esters is 1. The highest BCUT2D eigenvalue weighted by molar-refractivity contribution is 7.52. The zero-order valence-electron chi connectivity index (χ0n) is 24.5. The molecule has 1 saturated heterocycles. The van der Waals surface area contributed by atoms with Crippen LogP contribution in [0.25, 0.3) is 5.52 Å². The van der Waals surface area contributed by atoms with Crippen LogP contribution < -0.4 is 15.3 Å². The van der Waals surface area contributed by atoms with Gasteiger partial charge in [0.2, 0.25) is 0 Å². The Hall–Kier alpha value is -3.70. The fourth-order valence-electron chi connectivity index (χ4n) is 5.57. The van der Waals surface area contributed by atoms with Crippen LogP contribution in [0.2, 0.25) is 0 Å². The topological polar surface area (TPSA) is 163 Å². The smallest absolute Gasteiger partial charge is 0.459 e. The number of para-hydroxylation sites is 1. The summed E-state index contributed by atoms with van der Waals surface area (Å²) in [5.74, 6) is -1.84. The highest BCUT2D eigenvalue weighted by Gasteiger charge is 2.46. The van der Waals surface area contributed by atoms with Crippen molar-refractivity contribution in [1.82, 2.24) is 19.7 Å². The molecule has 5 rings (SSSR count). The van der Waals surface area contributed by atoms with Gasteiger partial charge in [-0.25, -0.2) is 14.1 Å². The molecule has 1 unspecified atom stereocenters. The molecule has 45 heavy (non-hydrogen) atoms. The molecule has 1 aliphatic carbocycles. The summed E-state index contributed by atoms with van der Waals surface area (Å²) in [5, 5.41) is 16.9. The van der Waals surface area contributed by atoms with E-state index in [-0.39, 0.29) is 56.2 Å². The third kappa shape index (κ3) is 7.76. The van der Waals surface area contributed by atoms with Crippen LogP contribution in [0.15, 0.2) is 48.8 Å². The third-order valence-electron chi connectivity index (χ3n) is 8.14. The van der Waals surface area contributed by atoms with Crippen LogP contribution >= 0.6 is 7.75 Å². The summed E-state index contributed by atoms with van der Waals surface area (Å²) in [7, 11) is -4.32. The fraction of sp³-hybridized carbons (Fsp3) is 0.517. The Labute approximate surface area is 257 Å². The molecule has 2 aliphatic rings. The van der Waals surface area contributed by atoms with E-state index >= 15 is 0 Å². The minimum absolute atomic E-state index is 0.0143. The van der Waals surface area contributed by atoms with Crippen molar-refractivity contribution in [3.63, 3.8) is 0 Å². The van der Waals surface area contributed by atoms with Crippen molar-refractivity contribution in [1.29, 1.82) is 5.26 Å². The van der Waals surface area contributed by atoms with E-state index in [4.69, 9.17) is 24.3 Å². The summed E-state index contributed by atoms with van der Waals surface area (Å²) >= 11 is 0. The highest BCUT2D eigenvalue weighted by atomic mass is 31.2. The van der Waals surface area contributed by atoms with Gasteiger partial charge in [-0.1, -0.05) is 18.2 Å². The van der Waals surface area contributed by atoms with Crippen molar-refractivity contribution in [3.05, 3.63) is 54.5 Å². The van der Waals surface area contributed by atoms with Crippen molar-refractivity contribution < 1.29 is 41.1 Å². The van der Waals surface area contributed by atoms with Gasteiger partial charge in [0, 0.05) is 0 Å². The molecular formula is C29H34F3N6O6P. The molecule has 3 aromatic rings. The number of aromatic nitrogens is 3. The van der Waals surface area contributed by atoms with E-state index in [1.165, 1.54) is 13.3 Å². The van der Waals surface area contributed by atoms with E-state index < -0.39 is 50.2 Å². The SMILES string of the molecule is C[C@H](NP(=O)(OC[C@]1(C#N)CC[C@H](c2ccc3c(N)ncnn23)O1)Oc1ccccc1)C(=O)OC[C@H]1CC[C@H](C(F)(F)F)CC1. The van der Waals surface area contributed by atoms with Gasteiger partial charge < -0.3 is 19.7 Å². The maximum atomic E-state index is 14.0. The summed E-state index contributed by atoms with van der Waals surface area (Å²) in [6.07, 6.45) is -2.25. The van der Waals surface area contributed by atoms with Crippen LogP contribution in [0.3, 0.4) is 0 Å². The third-order valence-corrected chi connectivity index (χ3v) is 9.76. The Morgan fingerprint density at radius 2 is 1.96 bits per heavy atom. The quantitative estimate of drug-likeness (QED) is 0.198. The van der Waals surface area contributed by atoms with Gasteiger partial charge in [-0.15, -0.1) is 0 Å². The highest BCUT2D eigenvalue weighted by Crippen LogP contribution is 2.48. The molecule has 1 aromatic carbocycles. The van der Waals surface area contributed by atoms with Gasteiger partial charge in [0.05, 0.1) is 18.2 Å². The molecular weight excluding hydrogens is 616 g/mol. The number of hydrogen-bond donors (Lipinski definition) is 2. The van der Waals surface area contributed by atoms with Crippen molar-refractivity contribution >= 4 is 25.1 Å². The number of anilines is 1. The summed E-state index contributed by atoms with van der Waals surface area (Å²) in [4.78, 5) is 16.8. The molecule has 0 spiro atoms. The number of nitrogens with two attached hydrogens (primary N) is 1. The van der Waals surface area contributed by atoms with Gasteiger partial charge in [0.15, 0.2) is 11.4 Å². The minimum atomic E-state index is -4.32. The molecule has 0 bridgehead atoms. The summed E-state index contributed by atoms with van der Waals surface area (Å²) in [6, 6.07) is 12.6. The predicted molar refractivity (Wildman–Crippen MR) is 154 cm³/mol. The zero-order valence-corrected chi connectivity index (χ0v) is 25.4. The molecule has 0 radical (unpaired) electrons. The lowest BCUT2D eigenvalue weighted by atomic mass is 9.82. The molecule has 2 aromatic heterocycles. The Balaban J connectivity index is 1.22. The second-order valence-electron chi connectivity index (χ2n) is 11.4. The summed E-state index contributed by atoms with van der Waals surface area (Å²) in [6.45, 7) is 0.889. The number of alkyl halides is 3. The molecule has 1 saturated carbocycles. The van der Waals surface area contributed by atoms with Crippen LogP contribution in [-0.4, -0.2) is 51.6 Å². The van der Waals surface area contributed by atoms with E-state index in [2.05, 4.69) is 21.2 Å². The number of halogens is 3. The largest absolute Gasteiger partial charge is 0.464 e. The molecule has 242 valence electrons. The Bertz CT molecular complexity index is 1580. The number of hydrogen-bond acceptors (Lipinski definition) is 10. The van der Waals surface area contributed by atoms with Crippen LogP contribution in [0.1, 0.15) is 57.2 Å². The van der Waals surface area contributed by atoms with E-state index in [1.54, 1.807) is 47.0 Å². The fourth-order valence-corrected chi connectivity index (χ4v) is 7.11. The lowest BCUT2D eigenvalue weighted by Crippen LogP contribution is -2.38. The Morgan fingerprint density at radius 1 is 1.22 bits per heavy atom. The first kappa shape index (κ1) is 32.7. The second kappa shape index (κ2) is 13.3. The Kier molecular flexibility index (Phi) is 9.69. The van der Waals surface area contributed by atoms with Crippen molar-refractivity contribution in [2.75, 3.05) is 18.9 Å². The van der Waals surface area contributed by atoms with E-state index in [0.717, 1.165) is 0 Å². The number of carbonyl (C=O) groups is 1.